The molecule has 0 aliphatic heterocycles. The molecule has 3 nitrogen and oxygen atoms in total. The summed E-state index contributed by atoms with van der Waals surface area (Å²) in [5.41, 5.74) is 3.89. The van der Waals surface area contributed by atoms with E-state index < -0.39 is 6.10 Å². The van der Waals surface area contributed by atoms with Crippen molar-refractivity contribution in [3.8, 4) is 0 Å². The van der Waals surface area contributed by atoms with E-state index in [1.54, 1.807) is 18.0 Å². The highest BCUT2D eigenvalue weighted by atomic mass is 16.3. The van der Waals surface area contributed by atoms with E-state index in [0.717, 1.165) is 16.7 Å². The van der Waals surface area contributed by atoms with Gasteiger partial charge >= 0.3 is 0 Å². The van der Waals surface area contributed by atoms with Gasteiger partial charge in [0.2, 0.25) is 0 Å². The Morgan fingerprint density at radius 1 is 1.14 bits per heavy atom. The Bertz CT molecular complexity index is 637. The lowest BCUT2D eigenvalue weighted by Gasteiger charge is -2.22. The molecule has 0 heterocycles. The highest BCUT2D eigenvalue weighted by Gasteiger charge is 2.21. The Hall–Kier alpha value is -2.13. The van der Waals surface area contributed by atoms with Gasteiger partial charge in [-0.3, -0.25) is 4.79 Å². The molecule has 1 amide bonds. The molecule has 0 aliphatic rings. The van der Waals surface area contributed by atoms with E-state index in [0.29, 0.717) is 12.1 Å². The lowest BCUT2D eigenvalue weighted by molar-refractivity contribution is -0.139. The van der Waals surface area contributed by atoms with E-state index in [1.165, 1.54) is 0 Å². The lowest BCUT2D eigenvalue weighted by Crippen LogP contribution is -2.31. The van der Waals surface area contributed by atoms with E-state index in [1.807, 2.05) is 56.3 Å². The molecule has 0 aromatic heterocycles. The van der Waals surface area contributed by atoms with Gasteiger partial charge in [-0.15, -0.1) is 0 Å². The molecule has 1 atom stereocenters. The molecule has 110 valence electrons. The first kappa shape index (κ1) is 15.3. The maximum Gasteiger partial charge on any atom is 0.256 e. The van der Waals surface area contributed by atoms with Gasteiger partial charge in [0.15, 0.2) is 6.10 Å². The second-order valence-corrected chi connectivity index (χ2v) is 5.44. The van der Waals surface area contributed by atoms with Gasteiger partial charge in [0.25, 0.3) is 5.91 Å². The number of amides is 1. The van der Waals surface area contributed by atoms with Crippen molar-refractivity contribution in [1.29, 1.82) is 0 Å². The molecule has 0 bridgehead atoms. The van der Waals surface area contributed by atoms with Gasteiger partial charge < -0.3 is 10.0 Å². The second kappa shape index (κ2) is 6.55. The predicted octanol–water partition coefficient (Wildman–Crippen LogP) is 3.00. The van der Waals surface area contributed by atoms with Crippen molar-refractivity contribution >= 4 is 5.91 Å². The normalized spacial score (nSPS) is 12.0. The van der Waals surface area contributed by atoms with E-state index in [9.17, 15) is 9.90 Å². The Balaban J connectivity index is 2.10. The molecular formula is C18H21NO2. The zero-order valence-corrected chi connectivity index (χ0v) is 12.7. The Kier molecular flexibility index (Phi) is 4.76. The minimum atomic E-state index is -1.11. The van der Waals surface area contributed by atoms with Crippen molar-refractivity contribution in [1.82, 2.24) is 4.90 Å². The topological polar surface area (TPSA) is 40.5 Å². The van der Waals surface area contributed by atoms with Crippen LogP contribution in [-0.4, -0.2) is 23.0 Å². The van der Waals surface area contributed by atoms with Gasteiger partial charge in [-0.25, -0.2) is 0 Å². The fraction of sp³-hybridized carbons (Fsp3) is 0.278. The standard InChI is InChI=1S/C18H21NO2/c1-13-7-6-10-15(11-13)17(20)18(21)19(3)12-16-9-5-4-8-14(16)2/h4-11,17,20H,12H2,1-3H3. The number of aliphatic hydroxyl groups is 1. The number of carbonyl (C=O) groups excluding carboxylic acids is 1. The molecule has 0 fully saturated rings. The van der Waals surface area contributed by atoms with E-state index in [4.69, 9.17) is 0 Å². The third-order valence-electron chi connectivity index (χ3n) is 3.64. The van der Waals surface area contributed by atoms with Crippen molar-refractivity contribution in [2.75, 3.05) is 7.05 Å². The van der Waals surface area contributed by atoms with Crippen molar-refractivity contribution in [2.24, 2.45) is 0 Å². The first-order chi connectivity index (χ1) is 9.99. The monoisotopic (exact) mass is 283 g/mol. The number of nitrogens with zero attached hydrogens (tertiary/aromatic N) is 1. The van der Waals surface area contributed by atoms with E-state index in [2.05, 4.69) is 0 Å². The van der Waals surface area contributed by atoms with Gasteiger partial charge in [0.05, 0.1) is 0 Å². The summed E-state index contributed by atoms with van der Waals surface area (Å²) in [7, 11) is 1.72. The summed E-state index contributed by atoms with van der Waals surface area (Å²) in [6.45, 7) is 4.46. The van der Waals surface area contributed by atoms with Crippen LogP contribution in [-0.2, 0) is 11.3 Å². The van der Waals surface area contributed by atoms with Crippen LogP contribution in [0.4, 0.5) is 0 Å². The number of aliphatic hydroxyl groups excluding tert-OH is 1. The van der Waals surface area contributed by atoms with Crippen LogP contribution in [0, 0.1) is 13.8 Å². The minimum absolute atomic E-state index is 0.288. The summed E-state index contributed by atoms with van der Waals surface area (Å²) in [5, 5.41) is 10.2. The highest BCUT2D eigenvalue weighted by molar-refractivity contribution is 5.81. The zero-order chi connectivity index (χ0) is 15.4. The molecule has 0 saturated carbocycles. The highest BCUT2D eigenvalue weighted by Crippen LogP contribution is 2.18. The minimum Gasteiger partial charge on any atom is -0.378 e. The quantitative estimate of drug-likeness (QED) is 0.937. The van der Waals surface area contributed by atoms with Crippen LogP contribution in [0.1, 0.15) is 28.4 Å². The van der Waals surface area contributed by atoms with Crippen molar-refractivity contribution in [2.45, 2.75) is 26.5 Å². The number of benzene rings is 2. The number of hydrogen-bond donors (Lipinski definition) is 1. The molecule has 0 aliphatic carbocycles. The van der Waals surface area contributed by atoms with Crippen LogP contribution in [0.3, 0.4) is 0 Å². The van der Waals surface area contributed by atoms with Gasteiger partial charge in [0, 0.05) is 13.6 Å². The number of carbonyl (C=O) groups is 1. The maximum atomic E-state index is 12.3. The second-order valence-electron chi connectivity index (χ2n) is 5.44. The lowest BCUT2D eigenvalue weighted by atomic mass is 10.0. The summed E-state index contributed by atoms with van der Waals surface area (Å²) < 4.78 is 0. The third kappa shape index (κ3) is 3.70. The molecule has 0 spiro atoms. The van der Waals surface area contributed by atoms with Crippen LogP contribution >= 0.6 is 0 Å². The van der Waals surface area contributed by atoms with Crippen molar-refractivity contribution in [3.05, 3.63) is 70.8 Å². The van der Waals surface area contributed by atoms with E-state index in [-0.39, 0.29) is 5.91 Å². The molecule has 1 N–H and O–H groups in total. The van der Waals surface area contributed by atoms with Crippen LogP contribution in [0.2, 0.25) is 0 Å². The summed E-state index contributed by atoms with van der Waals surface area (Å²) in [6.07, 6.45) is -1.11. The average molecular weight is 283 g/mol. The first-order valence-corrected chi connectivity index (χ1v) is 7.03. The molecular weight excluding hydrogens is 262 g/mol. The molecule has 1 unspecified atom stereocenters. The summed E-state index contributed by atoms with van der Waals surface area (Å²) in [6, 6.07) is 15.4. The number of hydrogen-bond acceptors (Lipinski definition) is 2. The Morgan fingerprint density at radius 2 is 1.86 bits per heavy atom. The fourth-order valence-corrected chi connectivity index (χ4v) is 2.31. The predicted molar refractivity (Wildman–Crippen MR) is 83.8 cm³/mol. The summed E-state index contributed by atoms with van der Waals surface area (Å²) in [4.78, 5) is 13.9. The Labute approximate surface area is 125 Å². The van der Waals surface area contributed by atoms with Crippen LogP contribution in [0.25, 0.3) is 0 Å². The smallest absolute Gasteiger partial charge is 0.256 e. The number of rotatable bonds is 4. The SMILES string of the molecule is Cc1cccc(C(O)C(=O)N(C)Cc2ccccc2C)c1. The van der Waals surface area contributed by atoms with Crippen LogP contribution in [0.15, 0.2) is 48.5 Å². The molecule has 3 heteroatoms. The van der Waals surface area contributed by atoms with Gasteiger partial charge in [-0.1, -0.05) is 54.1 Å². The molecule has 2 aromatic carbocycles. The van der Waals surface area contributed by atoms with Gasteiger partial charge in [-0.05, 0) is 30.5 Å². The number of likely N-dealkylation sites (N-methyl/N-ethyl adjacent to an activating group) is 1. The zero-order valence-electron chi connectivity index (χ0n) is 12.7. The first-order valence-electron chi connectivity index (χ1n) is 7.03. The Morgan fingerprint density at radius 3 is 2.52 bits per heavy atom. The fourth-order valence-electron chi connectivity index (χ4n) is 2.31. The number of aryl methyl sites for hydroxylation is 2. The molecule has 2 aromatic rings. The molecule has 0 radical (unpaired) electrons. The third-order valence-corrected chi connectivity index (χ3v) is 3.64. The average Bonchev–Trinajstić information content (AvgIpc) is 2.48. The molecule has 21 heavy (non-hydrogen) atoms. The molecule has 2 rings (SSSR count). The van der Waals surface area contributed by atoms with Crippen LogP contribution in [0.5, 0.6) is 0 Å². The van der Waals surface area contributed by atoms with E-state index >= 15 is 0 Å². The summed E-state index contributed by atoms with van der Waals surface area (Å²) >= 11 is 0. The van der Waals surface area contributed by atoms with Gasteiger partial charge in [-0.2, -0.15) is 0 Å². The van der Waals surface area contributed by atoms with Crippen molar-refractivity contribution < 1.29 is 9.90 Å². The maximum absolute atomic E-state index is 12.3. The van der Waals surface area contributed by atoms with Gasteiger partial charge in [0.1, 0.15) is 0 Å². The molecule has 0 saturated heterocycles. The van der Waals surface area contributed by atoms with Crippen molar-refractivity contribution in [3.63, 3.8) is 0 Å². The summed E-state index contributed by atoms with van der Waals surface area (Å²) in [5.74, 6) is -0.288. The largest absolute Gasteiger partial charge is 0.378 e. The van der Waals surface area contributed by atoms with Crippen LogP contribution < -0.4 is 0 Å².